The molecule has 0 atom stereocenters. The van der Waals surface area contributed by atoms with E-state index in [2.05, 4.69) is 5.32 Å². The molecule has 0 fully saturated rings. The minimum atomic E-state index is -3.67. The molecule has 0 saturated heterocycles. The van der Waals surface area contributed by atoms with Gasteiger partial charge < -0.3 is 5.32 Å². The standard InChI is InChI=1S/C10H12ClNO3S/c1-2-10(13)12-7-8-3-5-9(6-4-8)16(11,14)15/h3-6H,2,7H2,1H3,(H,12,13). The zero-order valence-corrected chi connectivity index (χ0v) is 10.3. The van der Waals surface area contributed by atoms with Crippen LogP contribution in [0.1, 0.15) is 18.9 Å². The highest BCUT2D eigenvalue weighted by molar-refractivity contribution is 8.13. The van der Waals surface area contributed by atoms with Gasteiger partial charge in [0.2, 0.25) is 5.91 Å². The first-order chi connectivity index (χ1) is 7.43. The van der Waals surface area contributed by atoms with E-state index < -0.39 is 9.05 Å². The third-order valence-corrected chi connectivity index (χ3v) is 3.39. The van der Waals surface area contributed by atoms with Crippen molar-refractivity contribution in [3.63, 3.8) is 0 Å². The molecule has 0 aliphatic rings. The van der Waals surface area contributed by atoms with Crippen LogP contribution in [0.25, 0.3) is 0 Å². The van der Waals surface area contributed by atoms with Crippen molar-refractivity contribution in [1.82, 2.24) is 5.32 Å². The van der Waals surface area contributed by atoms with E-state index in [9.17, 15) is 13.2 Å². The van der Waals surface area contributed by atoms with Crippen molar-refractivity contribution in [1.29, 1.82) is 0 Å². The van der Waals surface area contributed by atoms with Gasteiger partial charge in [0.15, 0.2) is 0 Å². The number of carbonyl (C=O) groups excluding carboxylic acids is 1. The highest BCUT2D eigenvalue weighted by Crippen LogP contribution is 2.15. The summed E-state index contributed by atoms with van der Waals surface area (Å²) < 4.78 is 21.9. The number of hydrogen-bond acceptors (Lipinski definition) is 3. The first-order valence-electron chi connectivity index (χ1n) is 4.74. The van der Waals surface area contributed by atoms with Crippen LogP contribution in [0.15, 0.2) is 29.2 Å². The summed E-state index contributed by atoms with van der Waals surface area (Å²) in [6.45, 7) is 2.15. The average Bonchev–Trinajstić information content (AvgIpc) is 2.25. The van der Waals surface area contributed by atoms with Gasteiger partial charge in [-0.15, -0.1) is 0 Å². The Morgan fingerprint density at radius 3 is 2.31 bits per heavy atom. The fourth-order valence-corrected chi connectivity index (χ4v) is 1.87. The van der Waals surface area contributed by atoms with Crippen LogP contribution in [0.3, 0.4) is 0 Å². The van der Waals surface area contributed by atoms with Gasteiger partial charge >= 0.3 is 0 Å². The molecule has 1 aromatic carbocycles. The van der Waals surface area contributed by atoms with Gasteiger partial charge in [-0.25, -0.2) is 8.42 Å². The predicted octanol–water partition coefficient (Wildman–Crippen LogP) is 1.64. The van der Waals surface area contributed by atoms with Gasteiger partial charge in [-0.3, -0.25) is 4.79 Å². The molecule has 0 spiro atoms. The SMILES string of the molecule is CCC(=O)NCc1ccc(S(=O)(=O)Cl)cc1. The molecule has 88 valence electrons. The number of hydrogen-bond donors (Lipinski definition) is 1. The Kier molecular flexibility index (Phi) is 4.32. The van der Waals surface area contributed by atoms with E-state index in [1.807, 2.05) is 0 Å². The Morgan fingerprint density at radius 2 is 1.88 bits per heavy atom. The minimum absolute atomic E-state index is 0.0472. The maximum absolute atomic E-state index is 11.0. The molecule has 0 aromatic heterocycles. The van der Waals surface area contributed by atoms with Crippen molar-refractivity contribution < 1.29 is 13.2 Å². The van der Waals surface area contributed by atoms with Gasteiger partial charge in [-0.05, 0) is 17.7 Å². The van der Waals surface area contributed by atoms with Crippen molar-refractivity contribution in [2.24, 2.45) is 0 Å². The summed E-state index contributed by atoms with van der Waals surface area (Å²) in [6.07, 6.45) is 0.425. The molecule has 0 heterocycles. The van der Waals surface area contributed by atoms with E-state index in [0.717, 1.165) is 5.56 Å². The highest BCUT2D eigenvalue weighted by atomic mass is 35.7. The van der Waals surface area contributed by atoms with Gasteiger partial charge in [0, 0.05) is 23.6 Å². The van der Waals surface area contributed by atoms with E-state index in [1.54, 1.807) is 19.1 Å². The van der Waals surface area contributed by atoms with Crippen LogP contribution in [-0.2, 0) is 20.4 Å². The second-order valence-electron chi connectivity index (χ2n) is 3.21. The maximum Gasteiger partial charge on any atom is 0.261 e. The third-order valence-electron chi connectivity index (χ3n) is 2.02. The molecule has 0 bridgehead atoms. The van der Waals surface area contributed by atoms with Crippen LogP contribution in [-0.4, -0.2) is 14.3 Å². The molecule has 6 heteroatoms. The summed E-state index contributed by atoms with van der Waals surface area (Å²) in [5, 5.41) is 2.69. The van der Waals surface area contributed by atoms with Crippen LogP contribution in [0.2, 0.25) is 0 Å². The third kappa shape index (κ3) is 3.83. The molecule has 16 heavy (non-hydrogen) atoms. The monoisotopic (exact) mass is 261 g/mol. The molecular weight excluding hydrogens is 250 g/mol. The molecule has 0 aliphatic heterocycles. The van der Waals surface area contributed by atoms with Gasteiger partial charge in [0.25, 0.3) is 9.05 Å². The van der Waals surface area contributed by atoms with Crippen molar-refractivity contribution in [3.8, 4) is 0 Å². The molecule has 0 radical (unpaired) electrons. The van der Waals surface area contributed by atoms with E-state index in [-0.39, 0.29) is 10.8 Å². The average molecular weight is 262 g/mol. The number of carbonyl (C=O) groups is 1. The zero-order chi connectivity index (χ0) is 12.2. The summed E-state index contributed by atoms with van der Waals surface area (Å²) in [5.41, 5.74) is 0.825. The Bertz CT molecular complexity index is 467. The lowest BCUT2D eigenvalue weighted by Crippen LogP contribution is -2.21. The van der Waals surface area contributed by atoms with Gasteiger partial charge in [-0.1, -0.05) is 19.1 Å². The van der Waals surface area contributed by atoms with Crippen LogP contribution in [0.5, 0.6) is 0 Å². The summed E-state index contributed by atoms with van der Waals surface area (Å²) in [5.74, 6) is -0.0472. The Hall–Kier alpha value is -1.07. The fraction of sp³-hybridized carbons (Fsp3) is 0.300. The lowest BCUT2D eigenvalue weighted by atomic mass is 10.2. The molecular formula is C10H12ClNO3S. The molecule has 1 aromatic rings. The normalized spacial score (nSPS) is 11.1. The summed E-state index contributed by atoms with van der Waals surface area (Å²) in [7, 11) is 1.49. The van der Waals surface area contributed by atoms with Crippen LogP contribution >= 0.6 is 10.7 Å². The molecule has 1 N–H and O–H groups in total. The van der Waals surface area contributed by atoms with E-state index in [0.29, 0.717) is 13.0 Å². The molecule has 4 nitrogen and oxygen atoms in total. The quantitative estimate of drug-likeness (QED) is 0.838. The molecule has 0 aliphatic carbocycles. The molecule has 1 rings (SSSR count). The first-order valence-corrected chi connectivity index (χ1v) is 7.04. The van der Waals surface area contributed by atoms with Crippen molar-refractivity contribution in [2.45, 2.75) is 24.8 Å². The lowest BCUT2D eigenvalue weighted by molar-refractivity contribution is -0.120. The van der Waals surface area contributed by atoms with Crippen molar-refractivity contribution in [3.05, 3.63) is 29.8 Å². The number of halogens is 1. The van der Waals surface area contributed by atoms with Gasteiger partial charge in [-0.2, -0.15) is 0 Å². The molecule has 0 unspecified atom stereocenters. The maximum atomic E-state index is 11.0. The first kappa shape index (κ1) is 13.0. The van der Waals surface area contributed by atoms with E-state index >= 15 is 0 Å². The second-order valence-corrected chi connectivity index (χ2v) is 5.78. The van der Waals surface area contributed by atoms with Crippen molar-refractivity contribution in [2.75, 3.05) is 0 Å². The fourth-order valence-electron chi connectivity index (χ4n) is 1.10. The number of nitrogens with one attached hydrogen (secondary N) is 1. The van der Waals surface area contributed by atoms with Gasteiger partial charge in [0.1, 0.15) is 0 Å². The highest BCUT2D eigenvalue weighted by Gasteiger charge is 2.08. The Labute approximate surface area is 99.0 Å². The topological polar surface area (TPSA) is 63.2 Å². The van der Waals surface area contributed by atoms with Crippen LogP contribution in [0.4, 0.5) is 0 Å². The second kappa shape index (κ2) is 5.32. The van der Waals surface area contributed by atoms with E-state index in [4.69, 9.17) is 10.7 Å². The number of rotatable bonds is 4. The Morgan fingerprint density at radius 1 is 1.31 bits per heavy atom. The van der Waals surface area contributed by atoms with E-state index in [1.165, 1.54) is 12.1 Å². The zero-order valence-electron chi connectivity index (χ0n) is 8.73. The van der Waals surface area contributed by atoms with Crippen molar-refractivity contribution >= 4 is 25.6 Å². The predicted molar refractivity (Wildman–Crippen MR) is 61.6 cm³/mol. The summed E-state index contributed by atoms with van der Waals surface area (Å²) in [4.78, 5) is 11.0. The summed E-state index contributed by atoms with van der Waals surface area (Å²) >= 11 is 0. The lowest BCUT2D eigenvalue weighted by Gasteiger charge is -2.04. The smallest absolute Gasteiger partial charge is 0.261 e. The summed E-state index contributed by atoms with van der Waals surface area (Å²) in [6, 6.07) is 6.06. The van der Waals surface area contributed by atoms with Gasteiger partial charge in [0.05, 0.1) is 4.90 Å². The number of amides is 1. The molecule has 0 saturated carbocycles. The van der Waals surface area contributed by atoms with Crippen LogP contribution in [0, 0.1) is 0 Å². The largest absolute Gasteiger partial charge is 0.352 e. The Balaban J connectivity index is 2.69. The molecule has 1 amide bonds. The number of benzene rings is 1. The minimum Gasteiger partial charge on any atom is -0.352 e. The van der Waals surface area contributed by atoms with Crippen LogP contribution < -0.4 is 5.32 Å².